The van der Waals surface area contributed by atoms with Crippen molar-refractivity contribution in [2.45, 2.75) is 50.5 Å². The summed E-state index contributed by atoms with van der Waals surface area (Å²) < 4.78 is 26.9. The third-order valence-corrected chi connectivity index (χ3v) is 7.08. The number of benzene rings is 2. The molecule has 1 aliphatic heterocycles. The molecule has 1 heterocycles. The highest BCUT2D eigenvalue weighted by atomic mass is 32.2. The summed E-state index contributed by atoms with van der Waals surface area (Å²) in [5.74, 6) is 0.289. The monoisotopic (exact) mass is 400 g/mol. The molecule has 0 aromatic heterocycles. The molecule has 0 atom stereocenters. The minimum absolute atomic E-state index is 0.139. The highest BCUT2D eigenvalue weighted by Crippen LogP contribution is 2.21. The van der Waals surface area contributed by atoms with Gasteiger partial charge in [-0.3, -0.25) is 4.79 Å². The fraction of sp³-hybridized carbons (Fsp3) is 0.409. The molecule has 0 bridgehead atoms. The number of piperidine rings is 1. The van der Waals surface area contributed by atoms with E-state index in [2.05, 4.69) is 19.2 Å². The molecule has 0 unspecified atom stereocenters. The molecule has 0 spiro atoms. The summed E-state index contributed by atoms with van der Waals surface area (Å²) in [6.45, 7) is 5.77. The van der Waals surface area contributed by atoms with Gasteiger partial charge in [0, 0.05) is 25.2 Å². The molecule has 0 saturated carbocycles. The summed E-state index contributed by atoms with van der Waals surface area (Å²) in [6, 6.07) is 14.4. The molecule has 0 aliphatic carbocycles. The Morgan fingerprint density at radius 3 is 2.14 bits per heavy atom. The van der Waals surface area contributed by atoms with E-state index < -0.39 is 10.0 Å². The zero-order valence-corrected chi connectivity index (χ0v) is 17.3. The molecule has 28 heavy (non-hydrogen) atoms. The van der Waals surface area contributed by atoms with Crippen LogP contribution >= 0.6 is 0 Å². The molecule has 5 nitrogen and oxygen atoms in total. The van der Waals surface area contributed by atoms with Gasteiger partial charge in [-0.2, -0.15) is 4.31 Å². The Morgan fingerprint density at radius 2 is 1.57 bits per heavy atom. The van der Waals surface area contributed by atoms with Crippen LogP contribution in [0, 0.1) is 0 Å². The van der Waals surface area contributed by atoms with Crippen molar-refractivity contribution in [3.05, 3.63) is 65.2 Å². The SMILES string of the molecule is CC(C)c1ccc(C(=O)NCc2ccc(S(=O)(=O)N3CCCCC3)cc2)cc1. The second-order valence-electron chi connectivity index (χ2n) is 7.57. The van der Waals surface area contributed by atoms with Crippen LogP contribution in [0.25, 0.3) is 0 Å². The first-order valence-electron chi connectivity index (χ1n) is 9.85. The van der Waals surface area contributed by atoms with Gasteiger partial charge in [0.2, 0.25) is 10.0 Å². The zero-order chi connectivity index (χ0) is 20.1. The lowest BCUT2D eigenvalue weighted by Crippen LogP contribution is -2.35. The summed E-state index contributed by atoms with van der Waals surface area (Å²) in [4.78, 5) is 12.6. The molecular weight excluding hydrogens is 372 g/mol. The fourth-order valence-electron chi connectivity index (χ4n) is 3.34. The molecule has 1 aliphatic rings. The summed E-state index contributed by atoms with van der Waals surface area (Å²) in [5, 5.41) is 2.89. The van der Waals surface area contributed by atoms with Gasteiger partial charge in [0.25, 0.3) is 5.91 Å². The van der Waals surface area contributed by atoms with Crippen LogP contribution in [0.1, 0.15) is 60.5 Å². The molecular formula is C22H28N2O3S. The number of sulfonamides is 1. The van der Waals surface area contributed by atoms with Crippen LogP contribution in [0.15, 0.2) is 53.4 Å². The fourth-order valence-corrected chi connectivity index (χ4v) is 4.85. The second kappa shape index (κ2) is 8.88. The molecule has 3 rings (SSSR count). The Labute approximate surface area is 167 Å². The Balaban J connectivity index is 1.60. The predicted octanol–water partition coefficient (Wildman–Crippen LogP) is 3.91. The zero-order valence-electron chi connectivity index (χ0n) is 16.5. The highest BCUT2D eigenvalue weighted by Gasteiger charge is 2.25. The largest absolute Gasteiger partial charge is 0.348 e. The number of rotatable bonds is 6. The lowest BCUT2D eigenvalue weighted by molar-refractivity contribution is 0.0951. The van der Waals surface area contributed by atoms with Gasteiger partial charge in [0.15, 0.2) is 0 Å². The minimum atomic E-state index is -3.42. The van der Waals surface area contributed by atoms with Crippen molar-refractivity contribution >= 4 is 15.9 Å². The van der Waals surface area contributed by atoms with E-state index in [-0.39, 0.29) is 5.91 Å². The van der Waals surface area contributed by atoms with Gasteiger partial charge in [-0.15, -0.1) is 0 Å². The van der Waals surface area contributed by atoms with E-state index in [0.717, 1.165) is 24.8 Å². The summed E-state index contributed by atoms with van der Waals surface area (Å²) in [7, 11) is -3.42. The van der Waals surface area contributed by atoms with E-state index in [1.54, 1.807) is 28.6 Å². The van der Waals surface area contributed by atoms with Crippen LogP contribution in [0.3, 0.4) is 0 Å². The first-order valence-corrected chi connectivity index (χ1v) is 11.3. The van der Waals surface area contributed by atoms with Crippen molar-refractivity contribution in [3.63, 3.8) is 0 Å². The Kier molecular flexibility index (Phi) is 6.52. The summed E-state index contributed by atoms with van der Waals surface area (Å²) in [5.41, 5.74) is 2.68. The van der Waals surface area contributed by atoms with E-state index >= 15 is 0 Å². The quantitative estimate of drug-likeness (QED) is 0.799. The number of amides is 1. The molecule has 0 radical (unpaired) electrons. The summed E-state index contributed by atoms with van der Waals surface area (Å²) in [6.07, 6.45) is 2.92. The third kappa shape index (κ3) is 4.80. The van der Waals surface area contributed by atoms with Crippen LogP contribution in [-0.4, -0.2) is 31.7 Å². The Bertz CT molecular complexity index is 898. The number of hydrogen-bond acceptors (Lipinski definition) is 3. The lowest BCUT2D eigenvalue weighted by atomic mass is 10.0. The normalized spacial score (nSPS) is 15.5. The highest BCUT2D eigenvalue weighted by molar-refractivity contribution is 7.89. The van der Waals surface area contributed by atoms with Crippen LogP contribution < -0.4 is 5.32 Å². The Morgan fingerprint density at radius 1 is 0.964 bits per heavy atom. The molecule has 150 valence electrons. The van der Waals surface area contributed by atoms with Gasteiger partial charge < -0.3 is 5.32 Å². The molecule has 1 fully saturated rings. The average molecular weight is 401 g/mol. The van der Waals surface area contributed by atoms with Crippen molar-refractivity contribution in [3.8, 4) is 0 Å². The topological polar surface area (TPSA) is 66.5 Å². The predicted molar refractivity (Wildman–Crippen MR) is 111 cm³/mol. The number of nitrogens with zero attached hydrogens (tertiary/aromatic N) is 1. The lowest BCUT2D eigenvalue weighted by Gasteiger charge is -2.25. The van der Waals surface area contributed by atoms with Gasteiger partial charge in [-0.1, -0.05) is 44.5 Å². The van der Waals surface area contributed by atoms with Crippen LogP contribution in [0.4, 0.5) is 0 Å². The smallest absolute Gasteiger partial charge is 0.251 e. The van der Waals surface area contributed by atoms with Gasteiger partial charge in [-0.05, 0) is 54.2 Å². The van der Waals surface area contributed by atoms with E-state index in [4.69, 9.17) is 0 Å². The number of nitrogens with one attached hydrogen (secondary N) is 1. The summed E-state index contributed by atoms with van der Waals surface area (Å²) >= 11 is 0. The van der Waals surface area contributed by atoms with Crippen molar-refractivity contribution in [1.29, 1.82) is 0 Å². The second-order valence-corrected chi connectivity index (χ2v) is 9.51. The van der Waals surface area contributed by atoms with E-state index in [1.807, 2.05) is 24.3 Å². The number of carbonyl (C=O) groups is 1. The molecule has 1 N–H and O–H groups in total. The van der Waals surface area contributed by atoms with Crippen molar-refractivity contribution in [2.75, 3.05) is 13.1 Å². The van der Waals surface area contributed by atoms with E-state index in [9.17, 15) is 13.2 Å². The van der Waals surface area contributed by atoms with Crippen molar-refractivity contribution in [2.24, 2.45) is 0 Å². The van der Waals surface area contributed by atoms with Gasteiger partial charge in [0.1, 0.15) is 0 Å². The maximum Gasteiger partial charge on any atom is 0.251 e. The number of carbonyl (C=O) groups excluding carboxylic acids is 1. The average Bonchev–Trinajstić information content (AvgIpc) is 2.73. The van der Waals surface area contributed by atoms with Crippen molar-refractivity contribution < 1.29 is 13.2 Å². The van der Waals surface area contributed by atoms with Crippen LogP contribution in [-0.2, 0) is 16.6 Å². The Hall–Kier alpha value is -2.18. The third-order valence-electron chi connectivity index (χ3n) is 5.17. The molecule has 2 aromatic carbocycles. The number of hydrogen-bond donors (Lipinski definition) is 1. The first-order chi connectivity index (χ1) is 13.4. The molecule has 1 amide bonds. The van der Waals surface area contributed by atoms with Crippen molar-refractivity contribution in [1.82, 2.24) is 9.62 Å². The standard InChI is InChI=1S/C22H28N2O3S/c1-17(2)19-8-10-20(11-9-19)22(25)23-16-18-6-12-21(13-7-18)28(26,27)24-14-4-3-5-15-24/h6-13,17H,3-5,14-16H2,1-2H3,(H,23,25). The van der Waals surface area contributed by atoms with Gasteiger partial charge in [0.05, 0.1) is 4.90 Å². The molecule has 6 heteroatoms. The van der Waals surface area contributed by atoms with E-state index in [0.29, 0.717) is 36.0 Å². The van der Waals surface area contributed by atoms with Gasteiger partial charge in [-0.25, -0.2) is 8.42 Å². The van der Waals surface area contributed by atoms with Crippen LogP contribution in [0.2, 0.25) is 0 Å². The van der Waals surface area contributed by atoms with Gasteiger partial charge >= 0.3 is 0 Å². The maximum absolute atomic E-state index is 12.7. The first kappa shape index (κ1) is 20.6. The van der Waals surface area contributed by atoms with Crippen LogP contribution in [0.5, 0.6) is 0 Å². The minimum Gasteiger partial charge on any atom is -0.348 e. The molecule has 1 saturated heterocycles. The maximum atomic E-state index is 12.7. The molecule has 2 aromatic rings. The van der Waals surface area contributed by atoms with E-state index in [1.165, 1.54) is 5.56 Å².